The monoisotopic (exact) mass is 688 g/mol. The van der Waals surface area contributed by atoms with E-state index in [0.717, 1.165) is 0 Å². The minimum Gasteiger partial charge on any atom is -0.376 e. The number of nitrogens with zero attached hydrogens (tertiary/aromatic N) is 2. The van der Waals surface area contributed by atoms with Gasteiger partial charge in [-0.05, 0) is 99.3 Å². The highest BCUT2D eigenvalue weighted by Gasteiger charge is 2.48. The van der Waals surface area contributed by atoms with Crippen LogP contribution in [-0.2, 0) is 5.41 Å². The summed E-state index contributed by atoms with van der Waals surface area (Å²) in [7, 11) is 0. The number of aromatic nitrogens is 1. The maximum atomic E-state index is 2.72. The van der Waals surface area contributed by atoms with Gasteiger partial charge in [-0.3, -0.25) is 0 Å². The van der Waals surface area contributed by atoms with Gasteiger partial charge in [-0.1, -0.05) is 146 Å². The molecule has 0 fully saturated rings. The maximum absolute atomic E-state index is 2.72. The quantitative estimate of drug-likeness (QED) is 0.164. The van der Waals surface area contributed by atoms with Crippen LogP contribution in [0.5, 0.6) is 0 Å². The van der Waals surface area contributed by atoms with Gasteiger partial charge < -0.3 is 9.38 Å². The molecule has 0 bridgehead atoms. The Morgan fingerprint density at radius 1 is 0.556 bits per heavy atom. The molecule has 1 aliphatic carbocycles. The summed E-state index contributed by atoms with van der Waals surface area (Å²) >= 11 is 0. The molecule has 0 atom stereocenters. The lowest BCUT2D eigenvalue weighted by Gasteiger charge is -2.43. The van der Waals surface area contributed by atoms with Crippen molar-refractivity contribution in [2.24, 2.45) is 0 Å². The van der Waals surface area contributed by atoms with Crippen LogP contribution in [0.25, 0.3) is 71.6 Å². The predicted octanol–water partition coefficient (Wildman–Crippen LogP) is 11.8. The zero-order chi connectivity index (χ0) is 36.0. The van der Waals surface area contributed by atoms with E-state index in [1.54, 1.807) is 0 Å². The minimum absolute atomic E-state index is 0.0390. The second-order valence-electron chi connectivity index (χ2n) is 16.2. The topological polar surface area (TPSA) is 8.17 Å². The van der Waals surface area contributed by atoms with Crippen LogP contribution in [0.3, 0.4) is 0 Å². The van der Waals surface area contributed by atoms with Crippen molar-refractivity contribution in [3.05, 3.63) is 174 Å². The van der Waals surface area contributed by atoms with E-state index in [4.69, 9.17) is 0 Å². The van der Waals surface area contributed by atoms with Crippen molar-refractivity contribution in [3.63, 3.8) is 0 Å². The van der Waals surface area contributed by atoms with Crippen LogP contribution in [0.2, 0.25) is 0 Å². The summed E-state index contributed by atoms with van der Waals surface area (Å²) in [6, 6.07) is 57.6. The van der Waals surface area contributed by atoms with Crippen LogP contribution < -0.4 is 15.7 Å². The van der Waals surface area contributed by atoms with Crippen molar-refractivity contribution >= 4 is 61.7 Å². The number of fused-ring (bicyclic) bond motifs is 14. The van der Waals surface area contributed by atoms with E-state index < -0.39 is 0 Å². The molecule has 0 N–H and O–H groups in total. The largest absolute Gasteiger partial charge is 0.376 e. The first-order chi connectivity index (χ1) is 26.4. The summed E-state index contributed by atoms with van der Waals surface area (Å²) in [6.45, 7) is 9.20. The molecule has 1 aromatic heterocycles. The molecule has 0 radical (unpaired) electrons. The van der Waals surface area contributed by atoms with Crippen molar-refractivity contribution in [2.75, 3.05) is 4.81 Å². The molecule has 2 nitrogen and oxygen atoms in total. The lowest BCUT2D eigenvalue weighted by Crippen LogP contribution is -2.60. The van der Waals surface area contributed by atoms with Crippen LogP contribution >= 0.6 is 0 Å². The predicted molar refractivity (Wildman–Crippen MR) is 230 cm³/mol. The van der Waals surface area contributed by atoms with Gasteiger partial charge in [0.05, 0.1) is 11.0 Å². The molecule has 254 valence electrons. The molecule has 0 saturated heterocycles. The van der Waals surface area contributed by atoms with Crippen LogP contribution in [0, 0.1) is 13.8 Å². The van der Waals surface area contributed by atoms with Gasteiger partial charge in [0.2, 0.25) is 0 Å². The van der Waals surface area contributed by atoms with E-state index in [1.807, 2.05) is 0 Å². The Kier molecular flexibility index (Phi) is 5.82. The van der Waals surface area contributed by atoms with Crippen LogP contribution in [0.1, 0.15) is 36.1 Å². The van der Waals surface area contributed by atoms with E-state index in [-0.39, 0.29) is 12.3 Å². The average molecular weight is 689 g/mol. The van der Waals surface area contributed by atoms with E-state index in [2.05, 4.69) is 189 Å². The molecule has 0 amide bonds. The van der Waals surface area contributed by atoms with E-state index in [9.17, 15) is 0 Å². The van der Waals surface area contributed by atoms with Gasteiger partial charge >= 0.3 is 6.85 Å². The summed E-state index contributed by atoms with van der Waals surface area (Å²) in [6.07, 6.45) is 0. The lowest BCUT2D eigenvalue weighted by atomic mass is 9.43. The second kappa shape index (κ2) is 10.4. The van der Waals surface area contributed by atoms with Crippen LogP contribution in [-0.4, -0.2) is 11.4 Å². The van der Waals surface area contributed by atoms with Gasteiger partial charge in [0, 0.05) is 44.4 Å². The summed E-state index contributed by atoms with van der Waals surface area (Å²) in [5.74, 6) is 0. The summed E-state index contributed by atoms with van der Waals surface area (Å²) in [5.41, 5.74) is 22.2. The third-order valence-corrected chi connectivity index (χ3v) is 12.9. The van der Waals surface area contributed by atoms with Gasteiger partial charge in [-0.25, -0.2) is 0 Å². The van der Waals surface area contributed by atoms with Gasteiger partial charge in [0.15, 0.2) is 0 Å². The third kappa shape index (κ3) is 3.72. The highest BCUT2D eigenvalue weighted by atomic mass is 15.1. The molecule has 0 unspecified atom stereocenters. The van der Waals surface area contributed by atoms with E-state index in [1.165, 1.54) is 116 Å². The van der Waals surface area contributed by atoms with Crippen molar-refractivity contribution < 1.29 is 0 Å². The molecule has 0 spiro atoms. The molecule has 9 aromatic rings. The number of hydrogen-bond donors (Lipinski definition) is 0. The fraction of sp³-hybridized carbons (Fsp3) is 0.0980. The van der Waals surface area contributed by atoms with Crippen molar-refractivity contribution in [2.45, 2.75) is 33.1 Å². The molecule has 8 aromatic carbocycles. The first kappa shape index (κ1) is 30.2. The minimum atomic E-state index is -0.117. The van der Waals surface area contributed by atoms with Crippen molar-refractivity contribution in [3.8, 4) is 39.1 Å². The summed E-state index contributed by atoms with van der Waals surface area (Å²) < 4.78 is 2.61. The molecule has 3 heteroatoms. The van der Waals surface area contributed by atoms with Crippen LogP contribution in [0.15, 0.2) is 152 Å². The Balaban J connectivity index is 1.35. The summed E-state index contributed by atoms with van der Waals surface area (Å²) in [5, 5.41) is 5.23. The molecule has 3 aliphatic rings. The third-order valence-electron chi connectivity index (χ3n) is 12.9. The smallest absolute Gasteiger partial charge is 0.333 e. The lowest BCUT2D eigenvalue weighted by molar-refractivity contribution is 0.660. The van der Waals surface area contributed by atoms with Gasteiger partial charge in [-0.15, -0.1) is 0 Å². The van der Waals surface area contributed by atoms with E-state index in [0.29, 0.717) is 0 Å². The molecule has 54 heavy (non-hydrogen) atoms. The Hall–Kier alpha value is -6.32. The Morgan fingerprint density at radius 2 is 1.31 bits per heavy atom. The van der Waals surface area contributed by atoms with Gasteiger partial charge in [-0.2, -0.15) is 0 Å². The zero-order valence-electron chi connectivity index (χ0n) is 30.9. The standard InChI is InChI=1S/C51H37BN2/c1-30-18-22-34(23-19-30)54-49-36(24-25-41-45(49)37-16-10-11-17-40(37)51(41,3)4)39-29-38(32-12-6-5-7-13-32)47-46-35-15-9-8-14-33(35)21-27-44(46)53-43-26-20-31(2)28-42(43)52(54)48(39)50(47)53/h5-29H,1-4H3. The number of aryl methyl sites for hydroxylation is 2. The number of hydrogen-bond acceptors (Lipinski definition) is 1. The molecule has 3 heterocycles. The average Bonchev–Trinajstić information content (AvgIpc) is 3.67. The normalized spacial score (nSPS) is 14.4. The SMILES string of the molecule is Cc1ccc(N2B3c4cc(C)ccc4-n4c5ccc6ccccc6c5c5c(-c6ccccc6)cc(c3c54)-c3ccc4c(c32)-c2ccccc2C4(C)C)cc1. The number of anilines is 2. The fourth-order valence-corrected chi connectivity index (χ4v) is 10.5. The second-order valence-corrected chi connectivity index (χ2v) is 16.2. The van der Waals surface area contributed by atoms with Gasteiger partial charge in [0.25, 0.3) is 0 Å². The summed E-state index contributed by atoms with van der Waals surface area (Å²) in [4.78, 5) is 2.72. The number of rotatable bonds is 2. The molecular weight excluding hydrogens is 651 g/mol. The molecule has 0 saturated carbocycles. The zero-order valence-corrected chi connectivity index (χ0v) is 30.9. The van der Waals surface area contributed by atoms with Gasteiger partial charge in [0.1, 0.15) is 0 Å². The number of benzene rings is 8. The van der Waals surface area contributed by atoms with Crippen molar-refractivity contribution in [1.82, 2.24) is 4.57 Å². The Bertz CT molecular complexity index is 3090. The van der Waals surface area contributed by atoms with E-state index >= 15 is 0 Å². The molecule has 12 rings (SSSR count). The highest BCUT2D eigenvalue weighted by molar-refractivity contribution is 6.94. The first-order valence-electron chi connectivity index (χ1n) is 19.2. The molecule has 2 aliphatic heterocycles. The molecular formula is C51H37BN2. The Labute approximate surface area is 316 Å². The Morgan fingerprint density at radius 3 is 2.17 bits per heavy atom. The van der Waals surface area contributed by atoms with Crippen molar-refractivity contribution in [1.29, 1.82) is 0 Å². The fourth-order valence-electron chi connectivity index (χ4n) is 10.5. The first-order valence-corrected chi connectivity index (χ1v) is 19.2. The van der Waals surface area contributed by atoms with Crippen LogP contribution in [0.4, 0.5) is 11.4 Å². The maximum Gasteiger partial charge on any atom is 0.333 e. The highest BCUT2D eigenvalue weighted by Crippen LogP contribution is 2.58.